The Labute approximate surface area is 258 Å². The molecular formula is C33H31ClN2O6S. The maximum Gasteiger partial charge on any atom is 0.301 e. The van der Waals surface area contributed by atoms with Crippen LogP contribution in [0.2, 0.25) is 5.02 Å². The molecule has 0 saturated carbocycles. The lowest BCUT2D eigenvalue weighted by Crippen LogP contribution is -2.29. The molecule has 1 aromatic heterocycles. The first kappa shape index (κ1) is 29.0. The molecule has 222 valence electrons. The summed E-state index contributed by atoms with van der Waals surface area (Å²) in [4.78, 5) is 33.5. The molecule has 0 aliphatic carbocycles. The average molecular weight is 619 g/mol. The zero-order valence-corrected chi connectivity index (χ0v) is 25.8. The van der Waals surface area contributed by atoms with Gasteiger partial charge in [0.1, 0.15) is 17.6 Å². The fourth-order valence-corrected chi connectivity index (χ4v) is 6.71. The molecule has 10 heteroatoms. The zero-order chi connectivity index (χ0) is 30.4. The molecule has 1 saturated heterocycles. The first-order valence-corrected chi connectivity index (χ1v) is 15.3. The molecule has 3 aromatic carbocycles. The number of thiazole rings is 1. The minimum Gasteiger partial charge on any atom is -0.507 e. The number of carbonyl (C=O) groups excluding carboxylic acids is 2. The van der Waals surface area contributed by atoms with Crippen LogP contribution in [0.4, 0.5) is 5.13 Å². The Kier molecular flexibility index (Phi) is 7.79. The Balaban J connectivity index is 1.49. The number of aromatic nitrogens is 1. The molecule has 3 heterocycles. The third-order valence-corrected chi connectivity index (χ3v) is 8.87. The van der Waals surface area contributed by atoms with E-state index in [0.717, 1.165) is 22.4 Å². The highest BCUT2D eigenvalue weighted by atomic mass is 35.5. The first-order valence-electron chi connectivity index (χ1n) is 14.1. The number of Topliss-reactive ketones (excluding diaryl/α,β-unsaturated/α-hetero) is 1. The highest BCUT2D eigenvalue weighted by Gasteiger charge is 2.48. The van der Waals surface area contributed by atoms with Crippen LogP contribution >= 0.6 is 22.9 Å². The van der Waals surface area contributed by atoms with Gasteiger partial charge in [0.15, 0.2) is 16.6 Å². The Bertz CT molecular complexity index is 1780. The largest absolute Gasteiger partial charge is 0.507 e. The van der Waals surface area contributed by atoms with Crippen molar-refractivity contribution in [1.29, 1.82) is 0 Å². The molecule has 0 radical (unpaired) electrons. The quantitative estimate of drug-likeness (QED) is 0.125. The number of halogens is 1. The third kappa shape index (κ3) is 5.43. The summed E-state index contributed by atoms with van der Waals surface area (Å²) < 4.78 is 18.2. The summed E-state index contributed by atoms with van der Waals surface area (Å²) >= 11 is 7.46. The minimum absolute atomic E-state index is 0.0132. The second-order valence-electron chi connectivity index (χ2n) is 11.2. The van der Waals surface area contributed by atoms with Crippen LogP contribution in [0.3, 0.4) is 0 Å². The Hall–Kier alpha value is -4.08. The van der Waals surface area contributed by atoms with E-state index in [-0.39, 0.29) is 17.4 Å². The van der Waals surface area contributed by atoms with Gasteiger partial charge in [-0.25, -0.2) is 4.98 Å². The van der Waals surface area contributed by atoms with Crippen LogP contribution in [0.1, 0.15) is 49.9 Å². The van der Waals surface area contributed by atoms with Crippen LogP contribution in [-0.4, -0.2) is 41.6 Å². The third-order valence-electron chi connectivity index (χ3n) is 7.62. The number of ether oxygens (including phenoxy) is 3. The summed E-state index contributed by atoms with van der Waals surface area (Å²) in [6.45, 7) is 6.73. The molecule has 1 fully saturated rings. The molecular weight excluding hydrogens is 588 g/mol. The molecule has 2 aliphatic heterocycles. The second-order valence-corrected chi connectivity index (χ2v) is 12.6. The summed E-state index contributed by atoms with van der Waals surface area (Å²) in [5.41, 5.74) is 2.52. The number of carbonyl (C=O) groups is 2. The van der Waals surface area contributed by atoms with Crippen LogP contribution in [0.25, 0.3) is 16.0 Å². The molecule has 43 heavy (non-hydrogen) atoms. The molecule has 4 aromatic rings. The molecule has 6 rings (SSSR count). The van der Waals surface area contributed by atoms with Gasteiger partial charge in [-0.05, 0) is 78.9 Å². The van der Waals surface area contributed by atoms with Crippen LogP contribution in [-0.2, 0) is 16.0 Å². The smallest absolute Gasteiger partial charge is 0.301 e. The van der Waals surface area contributed by atoms with Gasteiger partial charge < -0.3 is 19.3 Å². The van der Waals surface area contributed by atoms with Crippen LogP contribution < -0.4 is 19.1 Å². The predicted molar refractivity (Wildman–Crippen MR) is 168 cm³/mol. The maximum absolute atomic E-state index is 13.7. The van der Waals surface area contributed by atoms with E-state index in [1.54, 1.807) is 48.5 Å². The van der Waals surface area contributed by atoms with E-state index in [1.165, 1.54) is 23.3 Å². The molecule has 1 N–H and O–H groups in total. The first-order chi connectivity index (χ1) is 20.6. The van der Waals surface area contributed by atoms with E-state index in [9.17, 15) is 14.7 Å². The van der Waals surface area contributed by atoms with Crippen molar-refractivity contribution in [2.24, 2.45) is 5.92 Å². The van der Waals surface area contributed by atoms with Gasteiger partial charge in [0.25, 0.3) is 5.78 Å². The number of aliphatic hydroxyl groups excluding tert-OH is 1. The average Bonchev–Trinajstić information content (AvgIpc) is 3.64. The number of hydrogen-bond donors (Lipinski definition) is 1. The van der Waals surface area contributed by atoms with E-state index in [1.807, 2.05) is 13.0 Å². The van der Waals surface area contributed by atoms with Crippen LogP contribution in [0, 0.1) is 5.92 Å². The van der Waals surface area contributed by atoms with E-state index < -0.39 is 17.7 Å². The summed E-state index contributed by atoms with van der Waals surface area (Å²) in [6.07, 6.45) is 1.56. The standard InChI is InChI=1S/C33H31ClN2O6S/c1-17(2)11-12-41-25-10-5-19(15-26(25)40-4)29-28(30(37)20-6-9-24-21(14-20)13-18(3)42-24)31(38)32(39)36(29)33-35-23-8-7-22(34)16-27(23)43-33/h5-10,14-18,29,37H,11-13H2,1-4H3. The van der Waals surface area contributed by atoms with Gasteiger partial charge in [-0.3, -0.25) is 14.5 Å². The second kappa shape index (κ2) is 11.5. The number of anilines is 1. The zero-order valence-electron chi connectivity index (χ0n) is 24.2. The van der Waals surface area contributed by atoms with Gasteiger partial charge in [-0.15, -0.1) is 0 Å². The summed E-state index contributed by atoms with van der Waals surface area (Å²) in [5.74, 6) is 0.355. The fraction of sp³-hybridized carbons (Fsp3) is 0.303. The lowest BCUT2D eigenvalue weighted by molar-refractivity contribution is -0.132. The van der Waals surface area contributed by atoms with Gasteiger partial charge in [0, 0.05) is 17.0 Å². The minimum atomic E-state index is -0.974. The molecule has 1 amide bonds. The van der Waals surface area contributed by atoms with E-state index in [2.05, 4.69) is 18.8 Å². The highest BCUT2D eigenvalue weighted by molar-refractivity contribution is 7.22. The monoisotopic (exact) mass is 618 g/mol. The number of ketones is 1. The fourth-order valence-electron chi connectivity index (χ4n) is 5.44. The Morgan fingerprint density at radius 1 is 1.14 bits per heavy atom. The van der Waals surface area contributed by atoms with E-state index >= 15 is 0 Å². The van der Waals surface area contributed by atoms with Gasteiger partial charge in [0.2, 0.25) is 0 Å². The number of fused-ring (bicyclic) bond motifs is 2. The van der Waals surface area contributed by atoms with Crippen molar-refractivity contribution < 1.29 is 28.9 Å². The number of nitrogens with zero attached hydrogens (tertiary/aromatic N) is 2. The Morgan fingerprint density at radius 3 is 2.72 bits per heavy atom. The van der Waals surface area contributed by atoms with Crippen molar-refractivity contribution >= 4 is 55.7 Å². The molecule has 2 unspecified atom stereocenters. The molecule has 8 nitrogen and oxygen atoms in total. The summed E-state index contributed by atoms with van der Waals surface area (Å²) in [6, 6.07) is 14.9. The molecule has 0 spiro atoms. The molecule has 0 bridgehead atoms. The number of amides is 1. The molecule has 2 aliphatic rings. The molecule has 2 atom stereocenters. The number of methoxy groups -OCH3 is 1. The predicted octanol–water partition coefficient (Wildman–Crippen LogP) is 7.33. The normalized spacial score (nSPS) is 19.3. The van der Waals surface area contributed by atoms with E-state index in [4.69, 9.17) is 25.8 Å². The SMILES string of the molecule is COc1cc(C2C(=C(O)c3ccc4c(c3)CC(C)O4)C(=O)C(=O)N2c2nc3ccc(Cl)cc3s2)ccc1OCCC(C)C. The summed E-state index contributed by atoms with van der Waals surface area (Å²) in [5, 5.41) is 12.5. The van der Waals surface area contributed by atoms with Crippen molar-refractivity contribution in [3.8, 4) is 17.2 Å². The maximum atomic E-state index is 13.7. The Morgan fingerprint density at radius 2 is 1.95 bits per heavy atom. The topological polar surface area (TPSA) is 98.2 Å². The van der Waals surface area contributed by atoms with Gasteiger partial charge in [-0.2, -0.15) is 0 Å². The number of hydrogen-bond acceptors (Lipinski definition) is 8. The number of aliphatic hydroxyl groups is 1. The number of benzene rings is 3. The number of rotatable bonds is 8. The highest BCUT2D eigenvalue weighted by Crippen LogP contribution is 2.46. The van der Waals surface area contributed by atoms with Crippen molar-refractivity contribution in [1.82, 2.24) is 4.98 Å². The van der Waals surface area contributed by atoms with Crippen LogP contribution in [0.15, 0.2) is 60.2 Å². The summed E-state index contributed by atoms with van der Waals surface area (Å²) in [7, 11) is 1.54. The van der Waals surface area contributed by atoms with E-state index in [0.29, 0.717) is 57.2 Å². The van der Waals surface area contributed by atoms with Crippen molar-refractivity contribution in [3.63, 3.8) is 0 Å². The van der Waals surface area contributed by atoms with Crippen LogP contribution in [0.5, 0.6) is 17.2 Å². The van der Waals surface area contributed by atoms with Crippen molar-refractivity contribution in [3.05, 3.63) is 81.9 Å². The van der Waals surface area contributed by atoms with Gasteiger partial charge >= 0.3 is 5.91 Å². The van der Waals surface area contributed by atoms with Gasteiger partial charge in [0.05, 0.1) is 35.5 Å². The lowest BCUT2D eigenvalue weighted by Gasteiger charge is -2.24. The van der Waals surface area contributed by atoms with Crippen molar-refractivity contribution in [2.45, 2.75) is 45.8 Å². The lowest BCUT2D eigenvalue weighted by atomic mass is 9.94. The van der Waals surface area contributed by atoms with Crippen molar-refractivity contribution in [2.75, 3.05) is 18.6 Å². The van der Waals surface area contributed by atoms with Gasteiger partial charge in [-0.1, -0.05) is 42.9 Å².